The van der Waals surface area contributed by atoms with Gasteiger partial charge in [0.15, 0.2) is 0 Å². The Hall–Kier alpha value is -1.00. The van der Waals surface area contributed by atoms with Crippen molar-refractivity contribution in [1.82, 2.24) is 0 Å². The van der Waals surface area contributed by atoms with Crippen molar-refractivity contribution in [3.05, 3.63) is 24.2 Å². The lowest BCUT2D eigenvalue weighted by Crippen LogP contribution is -2.41. The van der Waals surface area contributed by atoms with E-state index in [2.05, 4.69) is 0 Å². The molecule has 1 unspecified atom stereocenters. The summed E-state index contributed by atoms with van der Waals surface area (Å²) in [6, 6.07) is 0. The fourth-order valence-corrected chi connectivity index (χ4v) is 0.769. The molecule has 13 heavy (non-hydrogen) atoms. The minimum absolute atomic E-state index is 0.115. The SMILES string of the molecule is C/C=C(/CC(N)(O)O/C=C/C)OC. The second-order valence-corrected chi connectivity index (χ2v) is 2.57. The summed E-state index contributed by atoms with van der Waals surface area (Å²) in [6.07, 6.45) is 4.81. The highest BCUT2D eigenvalue weighted by atomic mass is 16.6. The molecule has 0 rings (SSSR count). The van der Waals surface area contributed by atoms with Crippen LogP contribution in [0.5, 0.6) is 0 Å². The Balaban J connectivity index is 4.14. The van der Waals surface area contributed by atoms with Gasteiger partial charge in [-0.25, -0.2) is 0 Å². The number of ether oxygens (including phenoxy) is 2. The van der Waals surface area contributed by atoms with Crippen LogP contribution in [0, 0.1) is 0 Å². The van der Waals surface area contributed by atoms with Crippen molar-refractivity contribution in [3.8, 4) is 0 Å². The molecule has 0 amide bonds. The van der Waals surface area contributed by atoms with Gasteiger partial charge in [0.2, 0.25) is 0 Å². The highest BCUT2D eigenvalue weighted by Gasteiger charge is 2.23. The molecule has 1 atom stereocenters. The number of aliphatic hydroxyl groups is 1. The van der Waals surface area contributed by atoms with Crippen molar-refractivity contribution < 1.29 is 14.6 Å². The molecule has 4 nitrogen and oxygen atoms in total. The van der Waals surface area contributed by atoms with Gasteiger partial charge in [0.25, 0.3) is 5.91 Å². The van der Waals surface area contributed by atoms with Gasteiger partial charge in [0.05, 0.1) is 25.6 Å². The Morgan fingerprint density at radius 2 is 2.15 bits per heavy atom. The fourth-order valence-electron chi connectivity index (χ4n) is 0.769. The maximum absolute atomic E-state index is 9.46. The Bertz CT molecular complexity index is 197. The number of allylic oxidation sites excluding steroid dienone is 2. The molecule has 0 saturated carbocycles. The Morgan fingerprint density at radius 3 is 2.54 bits per heavy atom. The smallest absolute Gasteiger partial charge is 0.271 e. The zero-order valence-electron chi connectivity index (χ0n) is 8.28. The van der Waals surface area contributed by atoms with Gasteiger partial charge in [-0.2, -0.15) is 0 Å². The topological polar surface area (TPSA) is 64.7 Å². The van der Waals surface area contributed by atoms with Crippen LogP contribution in [0.2, 0.25) is 0 Å². The Labute approximate surface area is 78.6 Å². The Kier molecular flexibility index (Phi) is 5.18. The summed E-state index contributed by atoms with van der Waals surface area (Å²) < 4.78 is 9.78. The molecule has 4 heteroatoms. The van der Waals surface area contributed by atoms with Gasteiger partial charge in [-0.15, -0.1) is 0 Å². The van der Waals surface area contributed by atoms with Crippen LogP contribution in [-0.4, -0.2) is 18.1 Å². The summed E-state index contributed by atoms with van der Waals surface area (Å²) in [7, 11) is 1.51. The number of rotatable bonds is 5. The largest absolute Gasteiger partial charge is 0.501 e. The molecule has 0 aliphatic rings. The van der Waals surface area contributed by atoms with Gasteiger partial charge in [0.1, 0.15) is 0 Å². The molecule has 0 saturated heterocycles. The molecule has 0 radical (unpaired) electrons. The maximum Gasteiger partial charge on any atom is 0.271 e. The lowest BCUT2D eigenvalue weighted by atomic mass is 10.3. The van der Waals surface area contributed by atoms with E-state index in [1.165, 1.54) is 13.4 Å². The molecule has 0 aromatic heterocycles. The van der Waals surface area contributed by atoms with Gasteiger partial charge < -0.3 is 14.6 Å². The van der Waals surface area contributed by atoms with E-state index >= 15 is 0 Å². The normalized spacial score (nSPS) is 17.2. The second kappa shape index (κ2) is 5.61. The number of methoxy groups -OCH3 is 1. The van der Waals surface area contributed by atoms with Crippen LogP contribution in [0.3, 0.4) is 0 Å². The third kappa shape index (κ3) is 5.27. The van der Waals surface area contributed by atoms with Crippen LogP contribution in [-0.2, 0) is 9.47 Å². The first-order chi connectivity index (χ1) is 6.05. The van der Waals surface area contributed by atoms with Crippen molar-refractivity contribution >= 4 is 0 Å². The quantitative estimate of drug-likeness (QED) is 0.499. The molecule has 0 aromatic rings. The van der Waals surface area contributed by atoms with E-state index in [1.807, 2.05) is 0 Å². The van der Waals surface area contributed by atoms with Crippen molar-refractivity contribution in [2.24, 2.45) is 5.73 Å². The van der Waals surface area contributed by atoms with Gasteiger partial charge in [-0.1, -0.05) is 6.08 Å². The number of hydrogen-bond acceptors (Lipinski definition) is 4. The third-order valence-electron chi connectivity index (χ3n) is 1.42. The molecule has 76 valence electrons. The first kappa shape index (κ1) is 12.0. The molecule has 0 aliphatic carbocycles. The van der Waals surface area contributed by atoms with Crippen LogP contribution >= 0.6 is 0 Å². The van der Waals surface area contributed by atoms with E-state index < -0.39 is 5.91 Å². The van der Waals surface area contributed by atoms with Gasteiger partial charge >= 0.3 is 0 Å². The van der Waals surface area contributed by atoms with Crippen LogP contribution in [0.25, 0.3) is 0 Å². The minimum atomic E-state index is -1.70. The molecule has 0 fully saturated rings. The van der Waals surface area contributed by atoms with Crippen LogP contribution < -0.4 is 5.73 Å². The summed E-state index contributed by atoms with van der Waals surface area (Å²) in [5, 5.41) is 9.46. The molecule has 0 heterocycles. The van der Waals surface area contributed by atoms with Crippen molar-refractivity contribution in [3.63, 3.8) is 0 Å². The van der Waals surface area contributed by atoms with E-state index in [9.17, 15) is 5.11 Å². The number of hydrogen-bond donors (Lipinski definition) is 2. The first-order valence-corrected chi connectivity index (χ1v) is 4.05. The standard InChI is InChI=1S/C9H17NO3/c1-4-6-13-9(10,11)7-8(5-2)12-3/h4-6,11H,7,10H2,1-3H3/b6-4+,8-5-. The summed E-state index contributed by atoms with van der Waals surface area (Å²) in [4.78, 5) is 0. The Morgan fingerprint density at radius 1 is 1.54 bits per heavy atom. The van der Waals surface area contributed by atoms with E-state index in [0.29, 0.717) is 5.76 Å². The van der Waals surface area contributed by atoms with E-state index in [1.54, 1.807) is 26.0 Å². The lowest BCUT2D eigenvalue weighted by Gasteiger charge is -2.22. The molecule has 0 aromatic carbocycles. The third-order valence-corrected chi connectivity index (χ3v) is 1.42. The van der Waals surface area contributed by atoms with E-state index in [4.69, 9.17) is 15.2 Å². The summed E-state index contributed by atoms with van der Waals surface area (Å²) in [5.41, 5.74) is 5.42. The van der Waals surface area contributed by atoms with Crippen LogP contribution in [0.1, 0.15) is 20.3 Å². The molecule has 3 N–H and O–H groups in total. The van der Waals surface area contributed by atoms with Gasteiger partial charge in [0, 0.05) is 0 Å². The average molecular weight is 187 g/mol. The predicted molar refractivity (Wildman–Crippen MR) is 50.4 cm³/mol. The molecule has 0 aliphatic heterocycles. The highest BCUT2D eigenvalue weighted by Crippen LogP contribution is 2.13. The zero-order valence-corrected chi connectivity index (χ0v) is 8.28. The van der Waals surface area contributed by atoms with Crippen LogP contribution in [0.15, 0.2) is 24.2 Å². The first-order valence-electron chi connectivity index (χ1n) is 4.05. The van der Waals surface area contributed by atoms with E-state index in [-0.39, 0.29) is 6.42 Å². The summed E-state index contributed by atoms with van der Waals surface area (Å²) >= 11 is 0. The van der Waals surface area contributed by atoms with E-state index in [0.717, 1.165) is 0 Å². The number of nitrogens with two attached hydrogens (primary N) is 1. The van der Waals surface area contributed by atoms with Crippen molar-refractivity contribution in [1.29, 1.82) is 0 Å². The summed E-state index contributed by atoms with van der Waals surface area (Å²) in [5.74, 6) is -1.13. The monoisotopic (exact) mass is 187 g/mol. The molecular weight excluding hydrogens is 170 g/mol. The van der Waals surface area contributed by atoms with Gasteiger partial charge in [-0.05, 0) is 19.9 Å². The average Bonchev–Trinajstić information content (AvgIpc) is 2.11. The van der Waals surface area contributed by atoms with Crippen LogP contribution in [0.4, 0.5) is 0 Å². The van der Waals surface area contributed by atoms with Gasteiger partial charge in [-0.3, -0.25) is 5.73 Å². The second-order valence-electron chi connectivity index (χ2n) is 2.57. The fraction of sp³-hybridized carbons (Fsp3) is 0.556. The molecular formula is C9H17NO3. The van der Waals surface area contributed by atoms with Crippen molar-refractivity contribution in [2.75, 3.05) is 7.11 Å². The molecule has 0 bridgehead atoms. The molecule has 0 spiro atoms. The maximum atomic E-state index is 9.46. The lowest BCUT2D eigenvalue weighted by molar-refractivity contribution is -0.165. The predicted octanol–water partition coefficient (Wildman–Crippen LogP) is 1.08. The zero-order chi connectivity index (χ0) is 10.3. The minimum Gasteiger partial charge on any atom is -0.501 e. The summed E-state index contributed by atoms with van der Waals surface area (Å²) in [6.45, 7) is 3.56. The highest BCUT2D eigenvalue weighted by molar-refractivity contribution is 4.93. The van der Waals surface area contributed by atoms with Crippen molar-refractivity contribution in [2.45, 2.75) is 26.2 Å².